The van der Waals surface area contributed by atoms with Crippen molar-refractivity contribution in [3.63, 3.8) is 0 Å². The summed E-state index contributed by atoms with van der Waals surface area (Å²) in [6.07, 6.45) is 4.23. The van der Waals surface area contributed by atoms with E-state index in [0.717, 1.165) is 5.01 Å². The van der Waals surface area contributed by atoms with Gasteiger partial charge in [0.2, 0.25) is 0 Å². The molecule has 2 aromatic rings. The van der Waals surface area contributed by atoms with Gasteiger partial charge in [0.25, 0.3) is 5.91 Å². The van der Waals surface area contributed by atoms with Gasteiger partial charge in [-0.2, -0.15) is 0 Å². The number of aromatic nitrogens is 2. The van der Waals surface area contributed by atoms with Crippen LogP contribution in [0.1, 0.15) is 39.6 Å². The molecule has 1 fully saturated rings. The lowest BCUT2D eigenvalue weighted by Crippen LogP contribution is -2.39. The Kier molecular flexibility index (Phi) is 5.83. The quantitative estimate of drug-likeness (QED) is 0.697. The molecule has 144 valence electrons. The second-order valence-corrected chi connectivity index (χ2v) is 7.45. The van der Waals surface area contributed by atoms with E-state index in [1.54, 1.807) is 11.1 Å². The largest absolute Gasteiger partial charge is 0.465 e. The fraction of sp³-hybridized carbons (Fsp3) is 0.444. The zero-order chi connectivity index (χ0) is 19.4. The minimum atomic E-state index is -0.688. The molecule has 2 aromatic heterocycles. The molecular formula is C18H21N3O5S. The minimum absolute atomic E-state index is 0.172. The van der Waals surface area contributed by atoms with Crippen molar-refractivity contribution in [1.82, 2.24) is 14.9 Å². The molecule has 3 heterocycles. The Morgan fingerprint density at radius 3 is 2.81 bits per heavy atom. The normalized spacial score (nSPS) is 18.3. The Morgan fingerprint density at radius 2 is 2.19 bits per heavy atom. The molecule has 1 atom stereocenters. The van der Waals surface area contributed by atoms with Gasteiger partial charge in [0.05, 0.1) is 37.9 Å². The van der Waals surface area contributed by atoms with Crippen LogP contribution in [0.25, 0.3) is 0 Å². The van der Waals surface area contributed by atoms with Crippen LogP contribution in [0.5, 0.6) is 0 Å². The van der Waals surface area contributed by atoms with Gasteiger partial charge in [0.15, 0.2) is 5.79 Å². The molecule has 0 N–H and O–H groups in total. The van der Waals surface area contributed by atoms with Crippen molar-refractivity contribution in [3.05, 3.63) is 46.2 Å². The molecule has 8 nitrogen and oxygen atoms in total. The molecule has 1 aliphatic heterocycles. The summed E-state index contributed by atoms with van der Waals surface area (Å²) in [4.78, 5) is 35.1. The van der Waals surface area contributed by atoms with Crippen molar-refractivity contribution in [3.8, 4) is 0 Å². The average Bonchev–Trinajstić information content (AvgIpc) is 3.29. The van der Waals surface area contributed by atoms with E-state index in [1.807, 2.05) is 19.2 Å². The summed E-state index contributed by atoms with van der Waals surface area (Å²) < 4.78 is 16.2. The molecule has 9 heteroatoms. The van der Waals surface area contributed by atoms with Crippen LogP contribution in [0.15, 0.2) is 30.0 Å². The lowest BCUT2D eigenvalue weighted by Gasteiger charge is -2.25. The maximum Gasteiger partial charge on any atom is 0.338 e. The van der Waals surface area contributed by atoms with Gasteiger partial charge in [-0.15, -0.1) is 11.3 Å². The monoisotopic (exact) mass is 391 g/mol. The van der Waals surface area contributed by atoms with E-state index < -0.39 is 11.8 Å². The number of ether oxygens (including phenoxy) is 3. The molecule has 0 unspecified atom stereocenters. The van der Waals surface area contributed by atoms with E-state index in [1.165, 1.54) is 36.9 Å². The van der Waals surface area contributed by atoms with Gasteiger partial charge in [0.1, 0.15) is 11.1 Å². The maximum atomic E-state index is 13.2. The number of rotatable bonds is 6. The lowest BCUT2D eigenvalue weighted by molar-refractivity contribution is -0.139. The van der Waals surface area contributed by atoms with Crippen LogP contribution < -0.4 is 0 Å². The van der Waals surface area contributed by atoms with Gasteiger partial charge >= 0.3 is 5.97 Å². The lowest BCUT2D eigenvalue weighted by atomic mass is 10.1. The average molecular weight is 391 g/mol. The van der Waals surface area contributed by atoms with Crippen molar-refractivity contribution in [2.45, 2.75) is 32.3 Å². The summed E-state index contributed by atoms with van der Waals surface area (Å²) in [5, 5.41) is 2.63. The van der Waals surface area contributed by atoms with Crippen molar-refractivity contribution < 1.29 is 23.8 Å². The summed E-state index contributed by atoms with van der Waals surface area (Å²) in [6.45, 7) is 4.64. The number of carbonyl (C=O) groups is 2. The fourth-order valence-electron chi connectivity index (χ4n) is 2.84. The highest BCUT2D eigenvalue weighted by atomic mass is 32.1. The predicted octanol–water partition coefficient (Wildman–Crippen LogP) is 2.12. The summed E-state index contributed by atoms with van der Waals surface area (Å²) in [6, 6.07) is 1.47. The zero-order valence-corrected chi connectivity index (χ0v) is 16.2. The van der Waals surface area contributed by atoms with Crippen LogP contribution >= 0.6 is 11.3 Å². The first-order chi connectivity index (χ1) is 12.9. The molecule has 3 rings (SSSR count). The van der Waals surface area contributed by atoms with Crippen molar-refractivity contribution in [2.24, 2.45) is 0 Å². The van der Waals surface area contributed by atoms with E-state index in [-0.39, 0.29) is 23.1 Å². The smallest absolute Gasteiger partial charge is 0.338 e. The first kappa shape index (κ1) is 19.4. The molecule has 1 amide bonds. The number of esters is 1. The molecule has 0 radical (unpaired) electrons. The third kappa shape index (κ3) is 4.68. The second kappa shape index (κ2) is 8.12. The molecule has 0 aliphatic carbocycles. The highest BCUT2D eigenvalue weighted by molar-refractivity contribution is 7.09. The van der Waals surface area contributed by atoms with Crippen molar-refractivity contribution in [1.29, 1.82) is 0 Å². The zero-order valence-electron chi connectivity index (χ0n) is 15.4. The number of carbonyl (C=O) groups excluding carboxylic acids is 2. The maximum absolute atomic E-state index is 13.2. The first-order valence-electron chi connectivity index (χ1n) is 8.41. The van der Waals surface area contributed by atoms with Gasteiger partial charge in [-0.05, 0) is 19.9 Å². The highest BCUT2D eigenvalue weighted by Gasteiger charge is 2.35. The number of thiazole rings is 1. The van der Waals surface area contributed by atoms with Crippen molar-refractivity contribution in [2.75, 3.05) is 20.3 Å². The number of hydrogen-bond acceptors (Lipinski definition) is 8. The topological polar surface area (TPSA) is 90.9 Å². The summed E-state index contributed by atoms with van der Waals surface area (Å²) in [5.41, 5.74) is 0.352. The minimum Gasteiger partial charge on any atom is -0.465 e. The van der Waals surface area contributed by atoms with E-state index in [9.17, 15) is 9.59 Å². The third-order valence-electron chi connectivity index (χ3n) is 4.04. The van der Waals surface area contributed by atoms with E-state index in [4.69, 9.17) is 14.2 Å². The fourth-order valence-corrected chi connectivity index (χ4v) is 3.47. The Labute approximate surface area is 161 Å². The highest BCUT2D eigenvalue weighted by Crippen LogP contribution is 2.24. The van der Waals surface area contributed by atoms with Gasteiger partial charge in [-0.1, -0.05) is 0 Å². The first-order valence-corrected chi connectivity index (χ1v) is 9.29. The van der Waals surface area contributed by atoms with Crippen LogP contribution in [-0.4, -0.2) is 58.9 Å². The third-order valence-corrected chi connectivity index (χ3v) is 4.81. The predicted molar refractivity (Wildman–Crippen MR) is 97.3 cm³/mol. The van der Waals surface area contributed by atoms with Crippen LogP contribution in [0.3, 0.4) is 0 Å². The van der Waals surface area contributed by atoms with Gasteiger partial charge in [-0.25, -0.2) is 9.78 Å². The molecule has 0 spiro atoms. The van der Waals surface area contributed by atoms with Crippen LogP contribution in [0, 0.1) is 0 Å². The summed E-state index contributed by atoms with van der Waals surface area (Å²) in [5.74, 6) is -1.62. The number of nitrogens with zero attached hydrogens (tertiary/aromatic N) is 3. The van der Waals surface area contributed by atoms with Crippen LogP contribution in [-0.2, 0) is 20.8 Å². The van der Waals surface area contributed by atoms with E-state index >= 15 is 0 Å². The molecule has 1 saturated heterocycles. The van der Waals surface area contributed by atoms with Crippen molar-refractivity contribution >= 4 is 23.2 Å². The number of pyridine rings is 1. The summed E-state index contributed by atoms with van der Waals surface area (Å²) >= 11 is 1.45. The Balaban J connectivity index is 1.86. The molecule has 0 bridgehead atoms. The standard InChI is InChI=1S/C18H21N3O5S/c1-18(2)25-11-12(26-18)9-21(10-15-20-6-7-27-15)16(22)14-8-19-5-4-13(14)17(23)24-3/h4-8,12H,9-11H2,1-3H3/t12-/m0/s1. The molecular weight excluding hydrogens is 370 g/mol. The number of hydrogen-bond donors (Lipinski definition) is 0. The van der Waals surface area contributed by atoms with Gasteiger partial charge < -0.3 is 19.1 Å². The molecule has 1 aliphatic rings. The molecule has 0 aromatic carbocycles. The Bertz CT molecular complexity index is 809. The molecule has 0 saturated carbocycles. The Morgan fingerprint density at radius 1 is 1.37 bits per heavy atom. The Hall–Kier alpha value is -2.36. The number of methoxy groups -OCH3 is 1. The number of amides is 1. The van der Waals surface area contributed by atoms with Crippen LogP contribution in [0.4, 0.5) is 0 Å². The molecule has 27 heavy (non-hydrogen) atoms. The second-order valence-electron chi connectivity index (χ2n) is 6.48. The van der Waals surface area contributed by atoms with E-state index in [2.05, 4.69) is 9.97 Å². The SMILES string of the molecule is COC(=O)c1ccncc1C(=O)N(Cc1nccs1)C[C@H]1COC(C)(C)O1. The van der Waals surface area contributed by atoms with Crippen LogP contribution in [0.2, 0.25) is 0 Å². The van der Waals surface area contributed by atoms with Gasteiger partial charge in [-0.3, -0.25) is 9.78 Å². The van der Waals surface area contributed by atoms with E-state index in [0.29, 0.717) is 19.7 Å². The summed E-state index contributed by atoms with van der Waals surface area (Å²) in [7, 11) is 1.27. The van der Waals surface area contributed by atoms with Gasteiger partial charge in [0, 0.05) is 24.0 Å².